The van der Waals surface area contributed by atoms with Crippen LogP contribution in [0.4, 0.5) is 17.6 Å². The molecule has 0 aliphatic rings. The molecular formula is C25H26F4N2O4. The van der Waals surface area contributed by atoms with E-state index in [1.165, 1.54) is 62.8 Å². The number of halogens is 4. The Morgan fingerprint density at radius 3 is 1.51 bits per heavy atom. The number of carbonyl (C=O) groups is 2. The van der Waals surface area contributed by atoms with Crippen LogP contribution in [0, 0.1) is 0 Å². The van der Waals surface area contributed by atoms with Crippen LogP contribution in [-0.2, 0) is 9.59 Å². The van der Waals surface area contributed by atoms with Crippen LogP contribution in [0.5, 0.6) is 11.5 Å². The van der Waals surface area contributed by atoms with Crippen LogP contribution < -0.4 is 20.1 Å². The van der Waals surface area contributed by atoms with Gasteiger partial charge in [-0.15, -0.1) is 0 Å². The van der Waals surface area contributed by atoms with E-state index in [4.69, 9.17) is 9.47 Å². The van der Waals surface area contributed by atoms with E-state index >= 15 is 0 Å². The van der Waals surface area contributed by atoms with Crippen molar-refractivity contribution in [1.82, 2.24) is 10.6 Å². The topological polar surface area (TPSA) is 76.7 Å². The lowest BCUT2D eigenvalue weighted by molar-refractivity contribution is -0.116. The average Bonchev–Trinajstić information content (AvgIpc) is 2.85. The zero-order valence-electron chi connectivity index (χ0n) is 19.2. The quantitative estimate of drug-likeness (QED) is 0.249. The molecule has 0 atom stereocenters. The third-order valence-electron chi connectivity index (χ3n) is 4.78. The molecule has 10 heteroatoms. The number of hydrogen-bond donors (Lipinski definition) is 2. The summed E-state index contributed by atoms with van der Waals surface area (Å²) in [5.41, 5.74) is 0.322. The summed E-state index contributed by atoms with van der Waals surface area (Å²) in [5, 5.41) is 5.24. The van der Waals surface area contributed by atoms with E-state index in [1.54, 1.807) is 12.1 Å². The molecule has 0 heterocycles. The minimum Gasteiger partial charge on any atom is -0.496 e. The van der Waals surface area contributed by atoms with Gasteiger partial charge in [-0.25, -0.2) is 17.6 Å². The SMILES string of the molecule is COc1ccc(/C=C/C(=O)NCCCNC(=O)/C=C/c2ccc(OC)c(C(F)F)c2)cc1C(F)F. The van der Waals surface area contributed by atoms with Crippen molar-refractivity contribution in [2.75, 3.05) is 27.3 Å². The molecule has 2 rings (SSSR count). The molecule has 0 saturated carbocycles. The van der Waals surface area contributed by atoms with E-state index in [2.05, 4.69) is 10.6 Å². The molecular weight excluding hydrogens is 468 g/mol. The van der Waals surface area contributed by atoms with E-state index in [9.17, 15) is 27.2 Å². The lowest BCUT2D eigenvalue weighted by Gasteiger charge is -2.08. The number of rotatable bonds is 12. The minimum atomic E-state index is -2.71. The molecule has 188 valence electrons. The minimum absolute atomic E-state index is 0.0698. The molecule has 2 aromatic rings. The molecule has 0 spiro atoms. The molecule has 2 amide bonds. The number of benzene rings is 2. The summed E-state index contributed by atoms with van der Waals surface area (Å²) in [7, 11) is 2.60. The van der Waals surface area contributed by atoms with Gasteiger partial charge in [-0.05, 0) is 54.0 Å². The van der Waals surface area contributed by atoms with Gasteiger partial charge in [0.2, 0.25) is 11.8 Å². The summed E-state index contributed by atoms with van der Waals surface area (Å²) >= 11 is 0. The first kappa shape index (κ1) is 27.4. The Balaban J connectivity index is 1.74. The molecule has 2 aromatic carbocycles. The number of hydrogen-bond acceptors (Lipinski definition) is 4. The van der Waals surface area contributed by atoms with Crippen molar-refractivity contribution in [2.24, 2.45) is 0 Å². The molecule has 2 N–H and O–H groups in total. The Hall–Kier alpha value is -3.82. The van der Waals surface area contributed by atoms with Crippen molar-refractivity contribution in [3.05, 3.63) is 70.8 Å². The van der Waals surface area contributed by atoms with E-state index < -0.39 is 24.7 Å². The van der Waals surface area contributed by atoms with Gasteiger partial charge >= 0.3 is 0 Å². The number of amides is 2. The van der Waals surface area contributed by atoms with Crippen LogP contribution in [0.15, 0.2) is 48.6 Å². The van der Waals surface area contributed by atoms with Crippen LogP contribution in [0.1, 0.15) is 41.5 Å². The first-order valence-electron chi connectivity index (χ1n) is 10.6. The second kappa shape index (κ2) is 13.8. The summed E-state index contributed by atoms with van der Waals surface area (Å²) in [5.74, 6) is -0.694. The summed E-state index contributed by atoms with van der Waals surface area (Å²) in [6.45, 7) is 0.544. The third kappa shape index (κ3) is 8.80. The standard InChI is InChI=1S/C25H26F4N2O4/c1-34-20-8-4-16(14-18(20)24(26)27)6-10-22(32)30-12-3-13-31-23(33)11-7-17-5-9-21(35-2)19(15-17)25(28)29/h4-11,14-15,24-25H,3,12-13H2,1-2H3,(H,30,32)(H,31,33)/b10-6+,11-7+. The predicted octanol–water partition coefficient (Wildman–Crippen LogP) is 4.93. The lowest BCUT2D eigenvalue weighted by atomic mass is 10.1. The van der Waals surface area contributed by atoms with Crippen molar-refractivity contribution < 1.29 is 36.6 Å². The second-order valence-corrected chi connectivity index (χ2v) is 7.21. The van der Waals surface area contributed by atoms with Crippen molar-refractivity contribution in [3.8, 4) is 11.5 Å². The third-order valence-corrected chi connectivity index (χ3v) is 4.78. The van der Waals surface area contributed by atoms with Crippen LogP contribution in [0.3, 0.4) is 0 Å². The van der Waals surface area contributed by atoms with Gasteiger partial charge in [-0.3, -0.25) is 9.59 Å². The summed E-state index contributed by atoms with van der Waals surface area (Å²) in [6.07, 6.45) is 0.293. The first-order valence-corrected chi connectivity index (χ1v) is 10.6. The largest absolute Gasteiger partial charge is 0.496 e. The highest BCUT2D eigenvalue weighted by Crippen LogP contribution is 2.31. The molecule has 0 aromatic heterocycles. The maximum absolute atomic E-state index is 13.0. The second-order valence-electron chi connectivity index (χ2n) is 7.21. The van der Waals surface area contributed by atoms with Gasteiger partial charge in [0.05, 0.1) is 25.3 Å². The molecule has 6 nitrogen and oxygen atoms in total. The highest BCUT2D eigenvalue weighted by molar-refractivity contribution is 5.92. The van der Waals surface area contributed by atoms with Gasteiger partial charge in [0.1, 0.15) is 11.5 Å². The number of ether oxygens (including phenoxy) is 2. The van der Waals surface area contributed by atoms with Crippen LogP contribution in [0.25, 0.3) is 12.2 Å². The van der Waals surface area contributed by atoms with E-state index in [-0.39, 0.29) is 35.7 Å². The molecule has 0 bridgehead atoms. The monoisotopic (exact) mass is 494 g/mol. The maximum atomic E-state index is 13.0. The normalized spacial score (nSPS) is 11.4. The van der Waals surface area contributed by atoms with Gasteiger partial charge in [-0.2, -0.15) is 0 Å². The van der Waals surface area contributed by atoms with Gasteiger partial charge in [0, 0.05) is 25.2 Å². The van der Waals surface area contributed by atoms with Crippen molar-refractivity contribution in [2.45, 2.75) is 19.3 Å². The number of carbonyl (C=O) groups excluding carboxylic acids is 2. The van der Waals surface area contributed by atoms with Crippen LogP contribution in [-0.4, -0.2) is 39.1 Å². The molecule has 0 saturated heterocycles. The highest BCUT2D eigenvalue weighted by Gasteiger charge is 2.14. The summed E-state index contributed by atoms with van der Waals surface area (Å²) in [6, 6.07) is 8.41. The van der Waals surface area contributed by atoms with E-state index in [1.807, 2.05) is 0 Å². The highest BCUT2D eigenvalue weighted by atomic mass is 19.3. The lowest BCUT2D eigenvalue weighted by Crippen LogP contribution is -2.28. The van der Waals surface area contributed by atoms with E-state index in [0.29, 0.717) is 17.5 Å². The molecule has 0 aliphatic carbocycles. The predicted molar refractivity (Wildman–Crippen MR) is 125 cm³/mol. The smallest absolute Gasteiger partial charge is 0.267 e. The van der Waals surface area contributed by atoms with Crippen LogP contribution in [0.2, 0.25) is 0 Å². The first-order chi connectivity index (χ1) is 16.7. The fourth-order valence-corrected chi connectivity index (χ4v) is 3.03. The van der Waals surface area contributed by atoms with Gasteiger partial charge in [0.25, 0.3) is 12.9 Å². The molecule has 0 radical (unpaired) electrons. The van der Waals surface area contributed by atoms with Crippen molar-refractivity contribution in [1.29, 1.82) is 0 Å². The Bertz CT molecular complexity index is 988. The van der Waals surface area contributed by atoms with Crippen molar-refractivity contribution >= 4 is 24.0 Å². The van der Waals surface area contributed by atoms with Gasteiger partial charge < -0.3 is 20.1 Å². The number of nitrogens with one attached hydrogen (secondary N) is 2. The summed E-state index contributed by atoms with van der Waals surface area (Å²) in [4.78, 5) is 23.8. The summed E-state index contributed by atoms with van der Waals surface area (Å²) < 4.78 is 62.0. The van der Waals surface area contributed by atoms with Crippen LogP contribution >= 0.6 is 0 Å². The Morgan fingerprint density at radius 1 is 0.771 bits per heavy atom. The number of methoxy groups -OCH3 is 2. The number of alkyl halides is 4. The average molecular weight is 494 g/mol. The Morgan fingerprint density at radius 2 is 1.17 bits per heavy atom. The molecule has 35 heavy (non-hydrogen) atoms. The van der Waals surface area contributed by atoms with Gasteiger partial charge in [0.15, 0.2) is 0 Å². The zero-order chi connectivity index (χ0) is 25.8. The Kier molecular flexibility index (Phi) is 10.8. The fraction of sp³-hybridized carbons (Fsp3) is 0.280. The zero-order valence-corrected chi connectivity index (χ0v) is 19.2. The van der Waals surface area contributed by atoms with Crippen molar-refractivity contribution in [3.63, 3.8) is 0 Å². The fourth-order valence-electron chi connectivity index (χ4n) is 3.03. The molecule has 0 aliphatic heterocycles. The maximum Gasteiger partial charge on any atom is 0.267 e. The molecule has 0 fully saturated rings. The van der Waals surface area contributed by atoms with Gasteiger partial charge in [-0.1, -0.05) is 12.1 Å². The Labute approximate surface area is 200 Å². The molecule has 0 unspecified atom stereocenters. The van der Waals surface area contributed by atoms with E-state index in [0.717, 1.165) is 0 Å².